The summed E-state index contributed by atoms with van der Waals surface area (Å²) < 4.78 is 11.8. The van der Waals surface area contributed by atoms with Crippen LogP contribution >= 0.6 is 0 Å². The van der Waals surface area contributed by atoms with Crippen LogP contribution in [0.2, 0.25) is 0 Å². The average Bonchev–Trinajstić information content (AvgIpc) is 3.58. The van der Waals surface area contributed by atoms with Crippen molar-refractivity contribution in [1.82, 2.24) is 25.1 Å². The predicted molar refractivity (Wildman–Crippen MR) is 193 cm³/mol. The Morgan fingerprint density at radius 3 is 2.52 bits per heavy atom. The Bertz CT molecular complexity index is 1850. The van der Waals surface area contributed by atoms with Gasteiger partial charge in [-0.25, -0.2) is 4.98 Å². The van der Waals surface area contributed by atoms with Gasteiger partial charge < -0.3 is 39.7 Å². The number of carbonyl (C=O) groups is 4. The normalized spacial score (nSPS) is 14.2. The number of likely N-dealkylation sites (N-methyl/N-ethyl adjacent to an activating group) is 1. The fraction of sp³-hybridized carbons (Fsp3) is 0.378. The Kier molecular flexibility index (Phi) is 11.8. The molecule has 1 unspecified atom stereocenters. The van der Waals surface area contributed by atoms with Crippen molar-refractivity contribution in [1.29, 1.82) is 0 Å². The van der Waals surface area contributed by atoms with Crippen LogP contribution in [0.25, 0.3) is 11.0 Å². The van der Waals surface area contributed by atoms with Crippen LogP contribution < -0.4 is 25.0 Å². The number of methoxy groups -OCH3 is 1. The number of aldehydes is 1. The van der Waals surface area contributed by atoms with Crippen LogP contribution in [0.5, 0.6) is 11.5 Å². The fourth-order valence-electron chi connectivity index (χ4n) is 6.00. The first-order valence-electron chi connectivity index (χ1n) is 16.7. The van der Waals surface area contributed by atoms with E-state index in [4.69, 9.17) is 9.47 Å². The maximum Gasteiger partial charge on any atom is 0.286 e. The molecule has 1 saturated heterocycles. The van der Waals surface area contributed by atoms with Crippen LogP contribution in [0.15, 0.2) is 54.6 Å². The van der Waals surface area contributed by atoms with Crippen molar-refractivity contribution in [2.24, 2.45) is 0 Å². The van der Waals surface area contributed by atoms with E-state index in [1.807, 2.05) is 25.1 Å². The summed E-state index contributed by atoms with van der Waals surface area (Å²) >= 11 is 0. The van der Waals surface area contributed by atoms with Crippen molar-refractivity contribution < 1.29 is 28.7 Å². The van der Waals surface area contributed by atoms with E-state index in [9.17, 15) is 19.2 Å². The highest BCUT2D eigenvalue weighted by Crippen LogP contribution is 2.32. The monoisotopic (exact) mass is 683 g/mol. The molecular weight excluding hydrogens is 638 g/mol. The Balaban J connectivity index is 1.23. The van der Waals surface area contributed by atoms with Gasteiger partial charge >= 0.3 is 0 Å². The number of nitrogens with zero attached hydrogens (tertiary/aromatic N) is 4. The average molecular weight is 684 g/mol. The summed E-state index contributed by atoms with van der Waals surface area (Å²) in [5, 5.41) is 5.36. The van der Waals surface area contributed by atoms with Gasteiger partial charge in [-0.15, -0.1) is 0 Å². The number of hydrogen-bond donors (Lipinski definition) is 3. The summed E-state index contributed by atoms with van der Waals surface area (Å²) in [6.45, 7) is 6.16. The van der Waals surface area contributed by atoms with Gasteiger partial charge in [-0.05, 0) is 81.3 Å². The molecule has 0 saturated carbocycles. The predicted octanol–water partition coefficient (Wildman–Crippen LogP) is 4.13. The van der Waals surface area contributed by atoms with Crippen molar-refractivity contribution in [3.8, 4) is 11.5 Å². The summed E-state index contributed by atoms with van der Waals surface area (Å²) in [7, 11) is 6.74. The first-order valence-corrected chi connectivity index (χ1v) is 16.7. The van der Waals surface area contributed by atoms with Crippen LogP contribution in [-0.4, -0.2) is 111 Å². The third-order valence-corrected chi connectivity index (χ3v) is 8.99. The zero-order valence-electron chi connectivity index (χ0n) is 29.2. The van der Waals surface area contributed by atoms with Crippen molar-refractivity contribution in [3.05, 3.63) is 77.1 Å². The quantitative estimate of drug-likeness (QED) is 0.132. The number of ether oxygens (including phenoxy) is 2. The molecule has 13 heteroatoms. The molecule has 1 aliphatic rings. The number of piperazine rings is 1. The number of para-hydroxylation sites is 1. The molecule has 4 aromatic rings. The van der Waals surface area contributed by atoms with Gasteiger partial charge in [0, 0.05) is 45.8 Å². The van der Waals surface area contributed by atoms with Gasteiger partial charge in [0.1, 0.15) is 23.3 Å². The topological polar surface area (TPSA) is 149 Å². The number of aryl methyl sites for hydroxylation is 1. The molecule has 3 aromatic carbocycles. The number of H-pyrrole nitrogens is 1. The van der Waals surface area contributed by atoms with E-state index in [2.05, 4.69) is 37.4 Å². The lowest BCUT2D eigenvalue weighted by Crippen LogP contribution is -2.49. The number of rotatable bonds is 14. The maximum atomic E-state index is 13.7. The maximum absolute atomic E-state index is 13.7. The molecule has 1 atom stereocenters. The Hall–Kier alpha value is -5.27. The minimum atomic E-state index is -0.456. The van der Waals surface area contributed by atoms with Crippen LogP contribution in [0.4, 0.5) is 11.4 Å². The number of hydrogen-bond acceptors (Lipinski definition) is 9. The second-order valence-corrected chi connectivity index (χ2v) is 12.5. The van der Waals surface area contributed by atoms with Gasteiger partial charge in [-0.2, -0.15) is 0 Å². The van der Waals surface area contributed by atoms with E-state index in [0.717, 1.165) is 57.3 Å². The van der Waals surface area contributed by atoms with Gasteiger partial charge in [-0.3, -0.25) is 19.3 Å². The summed E-state index contributed by atoms with van der Waals surface area (Å²) in [4.78, 5) is 64.2. The minimum Gasteiger partial charge on any atom is -0.495 e. The Labute approximate surface area is 291 Å². The molecule has 5 rings (SSSR count). The molecule has 0 spiro atoms. The van der Waals surface area contributed by atoms with E-state index in [-0.39, 0.29) is 23.3 Å². The van der Waals surface area contributed by atoms with E-state index in [0.29, 0.717) is 46.1 Å². The highest BCUT2D eigenvalue weighted by atomic mass is 16.5. The molecule has 3 N–H and O–H groups in total. The first-order chi connectivity index (χ1) is 24.1. The number of fused-ring (bicyclic) bond motifs is 1. The molecule has 0 aliphatic carbocycles. The van der Waals surface area contributed by atoms with E-state index >= 15 is 0 Å². The van der Waals surface area contributed by atoms with Gasteiger partial charge in [0.15, 0.2) is 5.82 Å². The lowest BCUT2D eigenvalue weighted by atomic mass is 10.1. The van der Waals surface area contributed by atoms with Crippen LogP contribution in [-0.2, 0) is 4.79 Å². The van der Waals surface area contributed by atoms with Crippen molar-refractivity contribution >= 4 is 46.4 Å². The molecule has 2 heterocycles. The molecule has 1 aliphatic heterocycles. The molecule has 3 amide bonds. The summed E-state index contributed by atoms with van der Waals surface area (Å²) in [5.41, 5.74) is 3.48. The fourth-order valence-corrected chi connectivity index (χ4v) is 6.00. The second-order valence-electron chi connectivity index (χ2n) is 12.5. The van der Waals surface area contributed by atoms with Gasteiger partial charge in [0.05, 0.1) is 42.2 Å². The number of unbranched alkanes of at least 4 members (excludes halogenated alkanes) is 1. The Morgan fingerprint density at radius 2 is 1.80 bits per heavy atom. The smallest absolute Gasteiger partial charge is 0.286 e. The molecule has 0 bridgehead atoms. The van der Waals surface area contributed by atoms with Crippen molar-refractivity contribution in [3.63, 3.8) is 0 Å². The van der Waals surface area contributed by atoms with Crippen LogP contribution in [0, 0.1) is 6.92 Å². The molecule has 1 fully saturated rings. The molecule has 13 nitrogen and oxygen atoms in total. The largest absolute Gasteiger partial charge is 0.495 e. The minimum absolute atomic E-state index is 0.0762. The molecule has 0 radical (unpaired) electrons. The number of anilines is 2. The highest BCUT2D eigenvalue weighted by Gasteiger charge is 2.23. The van der Waals surface area contributed by atoms with Crippen molar-refractivity contribution in [2.75, 3.05) is 71.3 Å². The number of imidazole rings is 1. The SMILES string of the molecule is CNC(=O)c1nc2c(C(=O)Nc3ccc(C(=O)N(C)c4ccc(C)cc4OCCCCC(C=O)N4CCN(C)CC4)cc3OC)cccc2[nH]1. The number of amides is 3. The third-order valence-electron chi connectivity index (χ3n) is 8.99. The zero-order valence-corrected chi connectivity index (χ0v) is 29.2. The Morgan fingerprint density at radius 1 is 1.02 bits per heavy atom. The van der Waals surface area contributed by atoms with Crippen LogP contribution in [0.3, 0.4) is 0 Å². The second kappa shape index (κ2) is 16.4. The summed E-state index contributed by atoms with van der Waals surface area (Å²) in [6.07, 6.45) is 3.47. The van der Waals surface area contributed by atoms with E-state index in [1.165, 1.54) is 19.1 Å². The molecular formula is C37H45N7O6. The first kappa shape index (κ1) is 36.0. The number of carbonyl (C=O) groups excluding carboxylic acids is 4. The molecule has 50 heavy (non-hydrogen) atoms. The molecule has 264 valence electrons. The number of benzene rings is 3. The molecule has 1 aromatic heterocycles. The van der Waals surface area contributed by atoms with Gasteiger partial charge in [-0.1, -0.05) is 12.1 Å². The summed E-state index contributed by atoms with van der Waals surface area (Å²) in [5.74, 6) is -0.164. The highest BCUT2D eigenvalue weighted by molar-refractivity contribution is 6.13. The third kappa shape index (κ3) is 8.29. The van der Waals surface area contributed by atoms with Crippen LogP contribution in [0.1, 0.15) is 56.2 Å². The van der Waals surface area contributed by atoms with Gasteiger partial charge in [0.25, 0.3) is 17.7 Å². The number of aromatic amines is 1. The number of nitrogens with one attached hydrogen (secondary N) is 3. The lowest BCUT2D eigenvalue weighted by molar-refractivity contribution is -0.113. The number of aromatic nitrogens is 2. The van der Waals surface area contributed by atoms with Gasteiger partial charge in [0.2, 0.25) is 0 Å². The summed E-state index contributed by atoms with van der Waals surface area (Å²) in [6, 6.07) is 15.5. The van der Waals surface area contributed by atoms with E-state index < -0.39 is 11.8 Å². The standard InChI is InChI=1S/C37H45N7O6/c1-24-12-15-30(32(21-24)50-20-7-6-9-26(23-45)44-18-16-42(3)17-19-44)43(4)37(48)25-13-14-28(31(22-25)49-5)40-35(46)27-10-8-11-29-33(27)41-34(39-29)36(47)38-2/h8,10-15,21-23,26H,6-7,9,16-20H2,1-5H3,(H,38,47)(H,39,41)(H,40,46). The lowest BCUT2D eigenvalue weighted by Gasteiger charge is -2.35. The van der Waals surface area contributed by atoms with E-state index in [1.54, 1.807) is 43.4 Å². The van der Waals surface area contributed by atoms with Crippen molar-refractivity contribution in [2.45, 2.75) is 32.2 Å². The zero-order chi connectivity index (χ0) is 35.8.